The van der Waals surface area contributed by atoms with E-state index in [0.29, 0.717) is 23.5 Å². The molecule has 138 valence electrons. The highest BCUT2D eigenvalue weighted by Gasteiger charge is 2.28. The Kier molecular flexibility index (Phi) is 6.09. The zero-order valence-corrected chi connectivity index (χ0v) is 15.4. The van der Waals surface area contributed by atoms with Crippen LogP contribution in [-0.2, 0) is 21.4 Å². The van der Waals surface area contributed by atoms with Gasteiger partial charge in [0, 0.05) is 25.6 Å². The molecule has 1 amide bonds. The summed E-state index contributed by atoms with van der Waals surface area (Å²) in [6, 6.07) is 7.01. The van der Waals surface area contributed by atoms with E-state index in [1.54, 1.807) is 22.5 Å². The molecule has 2 aliphatic heterocycles. The van der Waals surface area contributed by atoms with Crippen LogP contribution < -0.4 is 10.6 Å². The Bertz CT molecular complexity index is 693. The minimum Gasteiger partial charge on any atom is -0.352 e. The first-order valence-electron chi connectivity index (χ1n) is 9.15. The van der Waals surface area contributed by atoms with Crippen LogP contribution in [0.3, 0.4) is 0 Å². The van der Waals surface area contributed by atoms with Crippen LogP contribution in [0.2, 0.25) is 0 Å². The fourth-order valence-electron chi connectivity index (χ4n) is 3.56. The number of hydrogen-bond donors (Lipinski definition) is 2. The summed E-state index contributed by atoms with van der Waals surface area (Å²) >= 11 is 0. The summed E-state index contributed by atoms with van der Waals surface area (Å²) in [5.41, 5.74) is 0.662. The molecule has 0 saturated carbocycles. The van der Waals surface area contributed by atoms with Crippen molar-refractivity contribution in [3.8, 4) is 0 Å². The highest BCUT2D eigenvalue weighted by atomic mass is 32.2. The molecule has 25 heavy (non-hydrogen) atoms. The van der Waals surface area contributed by atoms with E-state index in [9.17, 15) is 13.2 Å². The summed E-state index contributed by atoms with van der Waals surface area (Å²) in [5.74, 6) is 0.0405. The van der Waals surface area contributed by atoms with Gasteiger partial charge in [-0.2, -0.15) is 4.31 Å². The molecular weight excluding hydrogens is 338 g/mol. The van der Waals surface area contributed by atoms with Gasteiger partial charge in [0.15, 0.2) is 0 Å². The van der Waals surface area contributed by atoms with E-state index in [4.69, 9.17) is 0 Å². The number of hydrogen-bond acceptors (Lipinski definition) is 4. The van der Waals surface area contributed by atoms with Crippen molar-refractivity contribution in [2.75, 3.05) is 26.2 Å². The van der Waals surface area contributed by atoms with Crippen LogP contribution in [0.5, 0.6) is 0 Å². The number of nitrogens with one attached hydrogen (secondary N) is 2. The lowest BCUT2D eigenvalue weighted by Crippen LogP contribution is -2.38. The first kappa shape index (κ1) is 18.4. The number of rotatable bonds is 5. The van der Waals surface area contributed by atoms with Gasteiger partial charge in [-0.1, -0.05) is 24.6 Å². The molecule has 1 aromatic carbocycles. The van der Waals surface area contributed by atoms with Crippen molar-refractivity contribution in [1.29, 1.82) is 0 Å². The van der Waals surface area contributed by atoms with Gasteiger partial charge in [0.2, 0.25) is 15.9 Å². The van der Waals surface area contributed by atoms with E-state index in [1.165, 1.54) is 0 Å². The zero-order valence-electron chi connectivity index (χ0n) is 14.5. The monoisotopic (exact) mass is 365 g/mol. The maximum Gasteiger partial charge on any atom is 0.243 e. The Morgan fingerprint density at radius 3 is 2.52 bits per heavy atom. The fraction of sp³-hybridized carbons (Fsp3) is 0.611. The molecule has 2 saturated heterocycles. The number of amides is 1. The second-order valence-corrected chi connectivity index (χ2v) is 8.72. The minimum atomic E-state index is -3.49. The van der Waals surface area contributed by atoms with E-state index in [0.717, 1.165) is 45.2 Å². The van der Waals surface area contributed by atoms with Gasteiger partial charge in [0.25, 0.3) is 0 Å². The molecule has 0 radical (unpaired) electrons. The van der Waals surface area contributed by atoms with Crippen LogP contribution in [-0.4, -0.2) is 44.8 Å². The number of carbonyl (C=O) groups excluding carboxylic acids is 1. The van der Waals surface area contributed by atoms with Crippen LogP contribution in [0, 0.1) is 5.92 Å². The first-order valence-corrected chi connectivity index (χ1v) is 10.6. The normalized spacial score (nSPS) is 20.3. The SMILES string of the molecule is O=C(NCc1ccccc1S(=O)(=O)N1CCCCC1)C1CCNCC1. The van der Waals surface area contributed by atoms with Crippen LogP contribution in [0.15, 0.2) is 29.2 Å². The molecule has 1 aromatic rings. The Morgan fingerprint density at radius 1 is 1.12 bits per heavy atom. The van der Waals surface area contributed by atoms with Crippen LogP contribution in [0.4, 0.5) is 0 Å². The van der Waals surface area contributed by atoms with Gasteiger partial charge in [0.05, 0.1) is 4.90 Å². The third kappa shape index (κ3) is 4.40. The summed E-state index contributed by atoms with van der Waals surface area (Å²) in [5, 5.41) is 6.18. The lowest BCUT2D eigenvalue weighted by atomic mass is 9.97. The number of benzene rings is 1. The molecule has 6 nitrogen and oxygen atoms in total. The highest BCUT2D eigenvalue weighted by molar-refractivity contribution is 7.89. The average Bonchev–Trinajstić information content (AvgIpc) is 2.67. The summed E-state index contributed by atoms with van der Waals surface area (Å²) in [4.78, 5) is 12.7. The number of carbonyl (C=O) groups is 1. The molecule has 2 heterocycles. The molecule has 2 fully saturated rings. The van der Waals surface area contributed by atoms with Gasteiger partial charge in [-0.15, -0.1) is 0 Å². The summed E-state index contributed by atoms with van der Waals surface area (Å²) in [7, 11) is -3.49. The highest BCUT2D eigenvalue weighted by Crippen LogP contribution is 2.23. The van der Waals surface area contributed by atoms with E-state index in [-0.39, 0.29) is 18.4 Å². The average molecular weight is 365 g/mol. The molecule has 0 spiro atoms. The predicted octanol–water partition coefficient (Wildman–Crippen LogP) is 1.48. The minimum absolute atomic E-state index is 0.0201. The van der Waals surface area contributed by atoms with Crippen molar-refractivity contribution in [2.24, 2.45) is 5.92 Å². The van der Waals surface area contributed by atoms with Gasteiger partial charge in [-0.25, -0.2) is 8.42 Å². The Labute approximate surface area is 150 Å². The van der Waals surface area contributed by atoms with Crippen molar-refractivity contribution in [3.63, 3.8) is 0 Å². The first-order chi connectivity index (χ1) is 12.1. The standard InChI is InChI=1S/C18H27N3O3S/c22-18(15-8-10-19-11-9-15)20-14-16-6-2-3-7-17(16)25(23,24)21-12-4-1-5-13-21/h2-3,6-7,15,19H,1,4-5,8-14H2,(H,20,22). The largest absolute Gasteiger partial charge is 0.352 e. The van der Waals surface area contributed by atoms with Crippen molar-refractivity contribution < 1.29 is 13.2 Å². The van der Waals surface area contributed by atoms with E-state index in [1.807, 2.05) is 6.07 Å². The van der Waals surface area contributed by atoms with Crippen molar-refractivity contribution in [1.82, 2.24) is 14.9 Å². The summed E-state index contributed by atoms with van der Waals surface area (Å²) in [6.07, 6.45) is 4.57. The van der Waals surface area contributed by atoms with Gasteiger partial charge in [-0.3, -0.25) is 4.79 Å². The van der Waals surface area contributed by atoms with Gasteiger partial charge in [-0.05, 0) is 50.4 Å². The summed E-state index contributed by atoms with van der Waals surface area (Å²) in [6.45, 7) is 3.14. The topological polar surface area (TPSA) is 78.5 Å². The molecule has 0 atom stereocenters. The lowest BCUT2D eigenvalue weighted by Gasteiger charge is -2.27. The Balaban J connectivity index is 1.71. The van der Waals surface area contributed by atoms with Crippen molar-refractivity contribution >= 4 is 15.9 Å². The van der Waals surface area contributed by atoms with Gasteiger partial charge in [0.1, 0.15) is 0 Å². The molecule has 0 unspecified atom stereocenters. The predicted molar refractivity (Wildman–Crippen MR) is 96.5 cm³/mol. The van der Waals surface area contributed by atoms with Crippen LogP contribution >= 0.6 is 0 Å². The fourth-order valence-corrected chi connectivity index (χ4v) is 5.30. The van der Waals surface area contributed by atoms with Crippen LogP contribution in [0.25, 0.3) is 0 Å². The molecule has 7 heteroatoms. The summed E-state index contributed by atoms with van der Waals surface area (Å²) < 4.78 is 27.5. The van der Waals surface area contributed by atoms with Crippen LogP contribution in [0.1, 0.15) is 37.7 Å². The molecular formula is C18H27N3O3S. The number of piperidine rings is 2. The van der Waals surface area contributed by atoms with E-state index in [2.05, 4.69) is 10.6 Å². The van der Waals surface area contributed by atoms with Crippen molar-refractivity contribution in [2.45, 2.75) is 43.5 Å². The molecule has 2 aliphatic rings. The lowest BCUT2D eigenvalue weighted by molar-refractivity contribution is -0.125. The second kappa shape index (κ2) is 8.29. The van der Waals surface area contributed by atoms with E-state index < -0.39 is 10.0 Å². The Morgan fingerprint density at radius 2 is 1.80 bits per heavy atom. The second-order valence-electron chi connectivity index (χ2n) is 6.81. The zero-order chi connectivity index (χ0) is 17.7. The van der Waals surface area contributed by atoms with Crippen molar-refractivity contribution in [3.05, 3.63) is 29.8 Å². The third-order valence-electron chi connectivity index (χ3n) is 5.07. The molecule has 0 aliphatic carbocycles. The molecule has 0 aromatic heterocycles. The van der Waals surface area contributed by atoms with Gasteiger partial charge >= 0.3 is 0 Å². The maximum atomic E-state index is 13.0. The quantitative estimate of drug-likeness (QED) is 0.828. The molecule has 2 N–H and O–H groups in total. The molecule has 0 bridgehead atoms. The molecule has 3 rings (SSSR count). The number of nitrogens with zero attached hydrogens (tertiary/aromatic N) is 1. The smallest absolute Gasteiger partial charge is 0.243 e. The van der Waals surface area contributed by atoms with Gasteiger partial charge < -0.3 is 10.6 Å². The Hall–Kier alpha value is -1.44. The maximum absolute atomic E-state index is 13.0. The van der Waals surface area contributed by atoms with E-state index >= 15 is 0 Å². The third-order valence-corrected chi connectivity index (χ3v) is 7.07. The number of sulfonamides is 1.